The van der Waals surface area contributed by atoms with Gasteiger partial charge in [0.25, 0.3) is 5.91 Å². The minimum atomic E-state index is -3.33. The summed E-state index contributed by atoms with van der Waals surface area (Å²) in [5, 5.41) is 2.77. The Labute approximate surface area is 160 Å². The second-order valence-corrected chi connectivity index (χ2v) is 7.94. The number of benzene rings is 2. The average Bonchev–Trinajstić information content (AvgIpc) is 2.63. The van der Waals surface area contributed by atoms with Crippen LogP contribution in [0.2, 0.25) is 0 Å². The molecule has 1 atom stereocenters. The highest BCUT2D eigenvalue weighted by molar-refractivity contribution is 7.92. The van der Waals surface area contributed by atoms with E-state index >= 15 is 0 Å². The Morgan fingerprint density at radius 2 is 1.63 bits per heavy atom. The van der Waals surface area contributed by atoms with Crippen molar-refractivity contribution in [2.45, 2.75) is 20.0 Å². The first-order chi connectivity index (χ1) is 12.7. The molecule has 0 aliphatic heterocycles. The van der Waals surface area contributed by atoms with E-state index in [0.29, 0.717) is 23.7 Å². The van der Waals surface area contributed by atoms with E-state index in [1.807, 2.05) is 6.92 Å². The zero-order valence-electron chi connectivity index (χ0n) is 15.8. The fourth-order valence-electron chi connectivity index (χ4n) is 2.23. The highest BCUT2D eigenvalue weighted by Gasteiger charge is 2.16. The van der Waals surface area contributed by atoms with Crippen LogP contribution < -0.4 is 19.1 Å². The van der Waals surface area contributed by atoms with E-state index in [4.69, 9.17) is 9.47 Å². The van der Waals surface area contributed by atoms with E-state index in [0.717, 1.165) is 12.0 Å². The first-order valence-electron chi connectivity index (χ1n) is 8.45. The second-order valence-electron chi connectivity index (χ2n) is 5.93. The summed E-state index contributed by atoms with van der Waals surface area (Å²) < 4.78 is 35.3. The number of nitrogens with zero attached hydrogens (tertiary/aromatic N) is 1. The summed E-state index contributed by atoms with van der Waals surface area (Å²) in [5.41, 5.74) is 1.15. The molecule has 0 bridgehead atoms. The van der Waals surface area contributed by atoms with Crippen LogP contribution in [0.3, 0.4) is 0 Å². The topological polar surface area (TPSA) is 84.9 Å². The number of rotatable bonds is 8. The van der Waals surface area contributed by atoms with Crippen LogP contribution >= 0.6 is 0 Å². The molecule has 7 nitrogen and oxygen atoms in total. The molecule has 0 heterocycles. The minimum absolute atomic E-state index is 0.295. The van der Waals surface area contributed by atoms with Crippen LogP contribution in [0.15, 0.2) is 48.5 Å². The summed E-state index contributed by atoms with van der Waals surface area (Å²) >= 11 is 0. The van der Waals surface area contributed by atoms with Crippen molar-refractivity contribution in [1.82, 2.24) is 0 Å². The van der Waals surface area contributed by atoms with Crippen molar-refractivity contribution in [3.8, 4) is 11.5 Å². The number of amides is 1. The summed E-state index contributed by atoms with van der Waals surface area (Å²) in [6.45, 7) is 4.12. The molecule has 8 heteroatoms. The molecule has 0 aliphatic rings. The zero-order valence-corrected chi connectivity index (χ0v) is 16.6. The van der Waals surface area contributed by atoms with Gasteiger partial charge in [0, 0.05) is 12.7 Å². The van der Waals surface area contributed by atoms with Crippen LogP contribution in [0.25, 0.3) is 0 Å². The maximum absolute atomic E-state index is 12.3. The highest BCUT2D eigenvalue weighted by atomic mass is 32.2. The lowest BCUT2D eigenvalue weighted by molar-refractivity contribution is -0.122. The lowest BCUT2D eigenvalue weighted by Crippen LogP contribution is -2.30. The molecule has 0 fully saturated rings. The molecule has 0 saturated heterocycles. The van der Waals surface area contributed by atoms with Crippen LogP contribution in [0.4, 0.5) is 11.4 Å². The third kappa shape index (κ3) is 5.89. The second kappa shape index (κ2) is 8.77. The van der Waals surface area contributed by atoms with E-state index in [-0.39, 0.29) is 5.91 Å². The Hall–Kier alpha value is -2.74. The van der Waals surface area contributed by atoms with Crippen LogP contribution in [0.1, 0.15) is 13.8 Å². The van der Waals surface area contributed by atoms with Gasteiger partial charge in [-0.05, 0) is 62.4 Å². The molecule has 2 aromatic carbocycles. The first kappa shape index (κ1) is 20.6. The van der Waals surface area contributed by atoms with E-state index in [1.54, 1.807) is 55.5 Å². The Kier molecular flexibility index (Phi) is 6.68. The van der Waals surface area contributed by atoms with Gasteiger partial charge in [0.05, 0.1) is 18.6 Å². The molecule has 1 amide bonds. The number of anilines is 2. The number of hydrogen-bond donors (Lipinski definition) is 1. The molecule has 146 valence electrons. The lowest BCUT2D eigenvalue weighted by atomic mass is 10.2. The molecule has 0 aliphatic carbocycles. The number of carbonyl (C=O) groups excluding carboxylic acids is 1. The number of ether oxygens (including phenoxy) is 2. The Morgan fingerprint density at radius 3 is 2.15 bits per heavy atom. The Bertz CT molecular complexity index is 864. The van der Waals surface area contributed by atoms with Gasteiger partial charge in [-0.1, -0.05) is 0 Å². The van der Waals surface area contributed by atoms with Gasteiger partial charge in [0.15, 0.2) is 6.10 Å². The van der Waals surface area contributed by atoms with Gasteiger partial charge in [-0.2, -0.15) is 0 Å². The predicted octanol–water partition coefficient (Wildman–Crippen LogP) is 2.89. The largest absolute Gasteiger partial charge is 0.494 e. The fraction of sp³-hybridized carbons (Fsp3) is 0.316. The number of hydrogen-bond acceptors (Lipinski definition) is 5. The van der Waals surface area contributed by atoms with Crippen molar-refractivity contribution in [1.29, 1.82) is 0 Å². The first-order valence-corrected chi connectivity index (χ1v) is 10.3. The summed E-state index contributed by atoms with van der Waals surface area (Å²) in [7, 11) is -1.86. The molecule has 0 spiro atoms. The molecule has 1 N–H and O–H groups in total. The van der Waals surface area contributed by atoms with Gasteiger partial charge in [-0.3, -0.25) is 9.10 Å². The molecule has 0 saturated carbocycles. The molecular weight excluding hydrogens is 368 g/mol. The summed E-state index contributed by atoms with van der Waals surface area (Å²) in [6, 6.07) is 13.6. The summed E-state index contributed by atoms with van der Waals surface area (Å²) in [4.78, 5) is 12.3. The van der Waals surface area contributed by atoms with E-state index < -0.39 is 16.1 Å². The fourth-order valence-corrected chi connectivity index (χ4v) is 2.73. The molecule has 27 heavy (non-hydrogen) atoms. The van der Waals surface area contributed by atoms with Crippen molar-refractivity contribution < 1.29 is 22.7 Å². The van der Waals surface area contributed by atoms with Gasteiger partial charge in [0.1, 0.15) is 11.5 Å². The van der Waals surface area contributed by atoms with Gasteiger partial charge in [0.2, 0.25) is 10.0 Å². The van der Waals surface area contributed by atoms with Crippen LogP contribution in [0, 0.1) is 0 Å². The SMILES string of the molecule is CCOc1ccc(NC(=O)C(C)Oc2ccc(N(C)S(C)(=O)=O)cc2)cc1. The molecule has 1 unspecified atom stereocenters. The number of carbonyl (C=O) groups is 1. The number of sulfonamides is 1. The molecule has 2 rings (SSSR count). The van der Waals surface area contributed by atoms with Crippen LogP contribution in [-0.2, 0) is 14.8 Å². The summed E-state index contributed by atoms with van der Waals surface area (Å²) in [6.07, 6.45) is 0.403. The van der Waals surface area contributed by atoms with Crippen molar-refractivity contribution >= 4 is 27.3 Å². The average molecular weight is 392 g/mol. The quantitative estimate of drug-likeness (QED) is 0.747. The van der Waals surface area contributed by atoms with E-state index in [9.17, 15) is 13.2 Å². The zero-order chi connectivity index (χ0) is 20.0. The standard InChI is InChI=1S/C19H24N2O5S/c1-5-25-17-10-6-15(7-11-17)20-19(22)14(2)26-18-12-8-16(9-13-18)21(3)27(4,23)24/h6-14H,5H2,1-4H3,(H,20,22). The molecular formula is C19H24N2O5S. The van der Waals surface area contributed by atoms with Crippen molar-refractivity contribution in [3.63, 3.8) is 0 Å². The smallest absolute Gasteiger partial charge is 0.265 e. The highest BCUT2D eigenvalue weighted by Crippen LogP contribution is 2.21. The van der Waals surface area contributed by atoms with Gasteiger partial charge >= 0.3 is 0 Å². The molecule has 2 aromatic rings. The van der Waals surface area contributed by atoms with Gasteiger partial charge in [-0.15, -0.1) is 0 Å². The van der Waals surface area contributed by atoms with Gasteiger partial charge < -0.3 is 14.8 Å². The van der Waals surface area contributed by atoms with Crippen molar-refractivity contribution in [2.24, 2.45) is 0 Å². The van der Waals surface area contributed by atoms with Crippen molar-refractivity contribution in [3.05, 3.63) is 48.5 Å². The third-order valence-electron chi connectivity index (χ3n) is 3.81. The van der Waals surface area contributed by atoms with Gasteiger partial charge in [-0.25, -0.2) is 8.42 Å². The van der Waals surface area contributed by atoms with E-state index in [2.05, 4.69) is 5.32 Å². The van der Waals surface area contributed by atoms with Crippen LogP contribution in [0.5, 0.6) is 11.5 Å². The minimum Gasteiger partial charge on any atom is -0.494 e. The van der Waals surface area contributed by atoms with E-state index in [1.165, 1.54) is 11.4 Å². The van der Waals surface area contributed by atoms with Crippen LogP contribution in [-0.4, -0.2) is 40.3 Å². The number of nitrogens with one attached hydrogen (secondary N) is 1. The monoisotopic (exact) mass is 392 g/mol. The normalized spacial score (nSPS) is 12.1. The lowest BCUT2D eigenvalue weighted by Gasteiger charge is -2.18. The maximum Gasteiger partial charge on any atom is 0.265 e. The molecule has 0 radical (unpaired) electrons. The molecule has 0 aromatic heterocycles. The summed E-state index contributed by atoms with van der Waals surface area (Å²) in [5.74, 6) is 0.908. The Morgan fingerprint density at radius 1 is 1.07 bits per heavy atom. The third-order valence-corrected chi connectivity index (χ3v) is 5.02. The Balaban J connectivity index is 1.95. The van der Waals surface area contributed by atoms with Crippen molar-refractivity contribution in [2.75, 3.05) is 29.5 Å². The maximum atomic E-state index is 12.3. The predicted molar refractivity (Wildman–Crippen MR) is 106 cm³/mol.